The first-order valence-electron chi connectivity index (χ1n) is 4.70. The van der Waals surface area contributed by atoms with Gasteiger partial charge in [0.25, 0.3) is 0 Å². The number of nitrogens with one attached hydrogen (secondary N) is 2. The van der Waals surface area contributed by atoms with Gasteiger partial charge in [0.05, 0.1) is 12.5 Å². The van der Waals surface area contributed by atoms with Gasteiger partial charge in [-0.15, -0.1) is 0 Å². The van der Waals surface area contributed by atoms with Crippen LogP contribution in [0.5, 0.6) is 0 Å². The number of carbonyl (C=O) groups excluding carboxylic acids is 2. The molecule has 0 fully saturated rings. The zero-order valence-corrected chi connectivity index (χ0v) is 8.96. The standard InChI is InChI=1S/C9H19N3O2/c1-6(2)5-12-7(9(10)14)4-8(13)11-3/h6-7,12H,4-5H2,1-3H3,(H2,10,14)(H,11,13). The van der Waals surface area contributed by atoms with Gasteiger partial charge in [0.2, 0.25) is 11.8 Å². The molecule has 1 unspecified atom stereocenters. The minimum absolute atomic E-state index is 0.0958. The third-order valence-corrected chi connectivity index (χ3v) is 1.78. The number of amides is 2. The van der Waals surface area contributed by atoms with Crippen LogP contribution in [0.4, 0.5) is 0 Å². The zero-order valence-electron chi connectivity index (χ0n) is 8.96. The first-order valence-corrected chi connectivity index (χ1v) is 4.70. The van der Waals surface area contributed by atoms with Gasteiger partial charge in [-0.2, -0.15) is 0 Å². The maximum absolute atomic E-state index is 11.0. The van der Waals surface area contributed by atoms with Crippen LogP contribution in [0.15, 0.2) is 0 Å². The van der Waals surface area contributed by atoms with E-state index >= 15 is 0 Å². The Morgan fingerprint density at radius 3 is 2.29 bits per heavy atom. The van der Waals surface area contributed by atoms with Crippen LogP contribution < -0.4 is 16.4 Å². The van der Waals surface area contributed by atoms with E-state index in [1.54, 1.807) is 0 Å². The van der Waals surface area contributed by atoms with E-state index in [1.807, 2.05) is 13.8 Å². The van der Waals surface area contributed by atoms with E-state index in [2.05, 4.69) is 10.6 Å². The Morgan fingerprint density at radius 2 is 1.93 bits per heavy atom. The topological polar surface area (TPSA) is 84.2 Å². The van der Waals surface area contributed by atoms with Crippen molar-refractivity contribution in [2.24, 2.45) is 11.7 Å². The van der Waals surface area contributed by atoms with Crippen molar-refractivity contribution in [3.8, 4) is 0 Å². The molecule has 0 saturated carbocycles. The summed E-state index contributed by atoms with van der Waals surface area (Å²) in [5.74, 6) is -0.263. The smallest absolute Gasteiger partial charge is 0.235 e. The molecule has 0 bridgehead atoms. The van der Waals surface area contributed by atoms with Crippen molar-refractivity contribution in [3.05, 3.63) is 0 Å². The van der Waals surface area contributed by atoms with Crippen LogP contribution in [0, 0.1) is 5.92 Å². The summed E-state index contributed by atoms with van der Waals surface area (Å²) in [4.78, 5) is 22.0. The fourth-order valence-electron chi connectivity index (χ4n) is 0.939. The van der Waals surface area contributed by atoms with E-state index in [1.165, 1.54) is 7.05 Å². The number of carbonyl (C=O) groups is 2. The molecule has 0 aliphatic heterocycles. The lowest BCUT2D eigenvalue weighted by atomic mass is 10.1. The lowest BCUT2D eigenvalue weighted by Gasteiger charge is -2.15. The molecule has 0 aliphatic carbocycles. The summed E-state index contributed by atoms with van der Waals surface area (Å²) in [7, 11) is 1.53. The summed E-state index contributed by atoms with van der Waals surface area (Å²) in [6.45, 7) is 4.71. The van der Waals surface area contributed by atoms with Crippen molar-refractivity contribution >= 4 is 11.8 Å². The molecule has 0 aliphatic rings. The molecular formula is C9H19N3O2. The van der Waals surface area contributed by atoms with Crippen LogP contribution in [-0.2, 0) is 9.59 Å². The summed E-state index contributed by atoms with van der Waals surface area (Å²) < 4.78 is 0. The first-order chi connectivity index (χ1) is 6.47. The second kappa shape index (κ2) is 6.37. The van der Waals surface area contributed by atoms with E-state index in [9.17, 15) is 9.59 Å². The molecule has 5 nitrogen and oxygen atoms in total. The number of hydrogen-bond acceptors (Lipinski definition) is 3. The third kappa shape index (κ3) is 5.53. The van der Waals surface area contributed by atoms with Gasteiger partial charge in [-0.3, -0.25) is 9.59 Å². The predicted octanol–water partition coefficient (Wildman–Crippen LogP) is -0.778. The molecule has 4 N–H and O–H groups in total. The molecule has 0 saturated heterocycles. The van der Waals surface area contributed by atoms with E-state index in [0.717, 1.165) is 0 Å². The van der Waals surface area contributed by atoms with Crippen LogP contribution in [-0.4, -0.2) is 31.4 Å². The SMILES string of the molecule is CNC(=O)CC(NCC(C)C)C(N)=O. The van der Waals surface area contributed by atoms with Gasteiger partial charge < -0.3 is 16.4 Å². The molecule has 0 aromatic heterocycles. The average molecular weight is 201 g/mol. The summed E-state index contributed by atoms with van der Waals surface area (Å²) in [5.41, 5.74) is 5.14. The number of hydrogen-bond donors (Lipinski definition) is 3. The summed E-state index contributed by atoms with van der Waals surface area (Å²) in [6, 6.07) is -0.572. The Bertz CT molecular complexity index is 204. The van der Waals surface area contributed by atoms with Gasteiger partial charge in [0, 0.05) is 7.05 Å². The van der Waals surface area contributed by atoms with Crippen molar-refractivity contribution in [1.29, 1.82) is 0 Å². The van der Waals surface area contributed by atoms with Gasteiger partial charge in [0.15, 0.2) is 0 Å². The van der Waals surface area contributed by atoms with Gasteiger partial charge in [-0.1, -0.05) is 13.8 Å². The lowest BCUT2D eigenvalue weighted by molar-refractivity contribution is -0.126. The van der Waals surface area contributed by atoms with Crippen LogP contribution in [0.25, 0.3) is 0 Å². The Labute approximate surface area is 84.4 Å². The van der Waals surface area contributed by atoms with Crippen molar-refractivity contribution in [2.75, 3.05) is 13.6 Å². The summed E-state index contributed by atoms with van der Waals surface area (Å²) in [5, 5.41) is 5.40. The molecule has 0 rings (SSSR count). The van der Waals surface area contributed by atoms with Gasteiger partial charge in [0.1, 0.15) is 0 Å². The molecule has 14 heavy (non-hydrogen) atoms. The normalized spacial score (nSPS) is 12.6. The molecule has 0 aromatic carbocycles. The second-order valence-corrected chi connectivity index (χ2v) is 3.63. The van der Waals surface area contributed by atoms with E-state index in [-0.39, 0.29) is 12.3 Å². The molecule has 0 radical (unpaired) electrons. The predicted molar refractivity (Wildman–Crippen MR) is 54.5 cm³/mol. The molecule has 0 spiro atoms. The molecule has 5 heteroatoms. The Balaban J connectivity index is 4.03. The van der Waals surface area contributed by atoms with E-state index < -0.39 is 11.9 Å². The summed E-state index contributed by atoms with van der Waals surface area (Å²) in [6.07, 6.45) is 0.0958. The van der Waals surface area contributed by atoms with E-state index in [0.29, 0.717) is 12.5 Å². The second-order valence-electron chi connectivity index (χ2n) is 3.63. The zero-order chi connectivity index (χ0) is 11.1. The van der Waals surface area contributed by atoms with Crippen molar-refractivity contribution in [2.45, 2.75) is 26.3 Å². The van der Waals surface area contributed by atoms with Crippen LogP contribution >= 0.6 is 0 Å². The summed E-state index contributed by atoms with van der Waals surface area (Å²) >= 11 is 0. The third-order valence-electron chi connectivity index (χ3n) is 1.78. The maximum atomic E-state index is 11.0. The number of nitrogens with two attached hydrogens (primary N) is 1. The first kappa shape index (κ1) is 12.9. The fourth-order valence-corrected chi connectivity index (χ4v) is 0.939. The van der Waals surface area contributed by atoms with Gasteiger partial charge in [-0.25, -0.2) is 0 Å². The minimum atomic E-state index is -0.572. The highest BCUT2D eigenvalue weighted by Gasteiger charge is 2.18. The lowest BCUT2D eigenvalue weighted by Crippen LogP contribution is -2.45. The number of rotatable bonds is 6. The van der Waals surface area contributed by atoms with Crippen LogP contribution in [0.1, 0.15) is 20.3 Å². The molecule has 0 aromatic rings. The number of primary amides is 1. The van der Waals surface area contributed by atoms with Gasteiger partial charge >= 0.3 is 0 Å². The van der Waals surface area contributed by atoms with Crippen LogP contribution in [0.2, 0.25) is 0 Å². The van der Waals surface area contributed by atoms with Crippen molar-refractivity contribution in [3.63, 3.8) is 0 Å². The molecule has 0 heterocycles. The Kier molecular flexibility index (Phi) is 5.87. The molecule has 1 atom stereocenters. The largest absolute Gasteiger partial charge is 0.368 e. The quantitative estimate of drug-likeness (QED) is 0.527. The minimum Gasteiger partial charge on any atom is -0.368 e. The van der Waals surface area contributed by atoms with Crippen molar-refractivity contribution in [1.82, 2.24) is 10.6 Å². The van der Waals surface area contributed by atoms with Crippen LogP contribution in [0.3, 0.4) is 0 Å². The maximum Gasteiger partial charge on any atom is 0.235 e. The highest BCUT2D eigenvalue weighted by atomic mass is 16.2. The Hall–Kier alpha value is -1.10. The van der Waals surface area contributed by atoms with Gasteiger partial charge in [-0.05, 0) is 12.5 Å². The Morgan fingerprint density at radius 1 is 1.36 bits per heavy atom. The molecular weight excluding hydrogens is 182 g/mol. The molecule has 82 valence electrons. The van der Waals surface area contributed by atoms with Crippen molar-refractivity contribution < 1.29 is 9.59 Å². The monoisotopic (exact) mass is 201 g/mol. The molecule has 2 amide bonds. The fraction of sp³-hybridized carbons (Fsp3) is 0.778. The van der Waals surface area contributed by atoms with E-state index in [4.69, 9.17) is 5.73 Å². The highest BCUT2D eigenvalue weighted by molar-refractivity contribution is 5.87. The highest BCUT2D eigenvalue weighted by Crippen LogP contribution is 1.94. The average Bonchev–Trinajstić information content (AvgIpc) is 2.10.